The molecule has 0 radical (unpaired) electrons. The Morgan fingerprint density at radius 3 is 2.50 bits per heavy atom. The van der Waals surface area contributed by atoms with Crippen LogP contribution in [0.3, 0.4) is 0 Å². The Balaban J connectivity index is 1.83. The second-order valence-corrected chi connectivity index (χ2v) is 6.01. The van der Waals surface area contributed by atoms with Crippen LogP contribution in [0.5, 0.6) is 0 Å². The Labute approximate surface area is 129 Å². The average molecular weight is 311 g/mol. The van der Waals surface area contributed by atoms with Crippen LogP contribution in [-0.4, -0.2) is 30.6 Å². The molecule has 1 aromatic carbocycles. The van der Waals surface area contributed by atoms with Crippen molar-refractivity contribution in [2.45, 2.75) is 44.7 Å². The number of hydrogen-bond donors (Lipinski definition) is 3. The Kier molecular flexibility index (Phi) is 5.34. The molecule has 0 heterocycles. The molecule has 2 atom stereocenters. The van der Waals surface area contributed by atoms with Crippen LogP contribution in [0.15, 0.2) is 30.3 Å². The van der Waals surface area contributed by atoms with Crippen LogP contribution in [0.4, 0.5) is 14.5 Å². The molecule has 1 aliphatic carbocycles. The topological polar surface area (TPSA) is 53.2 Å². The van der Waals surface area contributed by atoms with Gasteiger partial charge in [-0.1, -0.05) is 32.0 Å². The molecule has 0 aromatic heterocycles. The molecular formula is C16H23F2N3O. The van der Waals surface area contributed by atoms with E-state index in [1.165, 1.54) is 0 Å². The van der Waals surface area contributed by atoms with Gasteiger partial charge in [0.25, 0.3) is 5.92 Å². The quantitative estimate of drug-likeness (QED) is 0.679. The van der Waals surface area contributed by atoms with Gasteiger partial charge in [-0.05, 0) is 24.5 Å². The zero-order valence-electron chi connectivity index (χ0n) is 12.9. The average Bonchev–Trinajstić information content (AvgIpc) is 2.48. The van der Waals surface area contributed by atoms with E-state index in [1.54, 1.807) is 0 Å². The molecule has 4 nitrogen and oxygen atoms in total. The van der Waals surface area contributed by atoms with Gasteiger partial charge in [0.2, 0.25) is 5.91 Å². The maximum atomic E-state index is 13.3. The van der Waals surface area contributed by atoms with Gasteiger partial charge in [-0.2, -0.15) is 0 Å². The fourth-order valence-electron chi connectivity index (χ4n) is 2.40. The zero-order valence-corrected chi connectivity index (χ0v) is 12.9. The SMILES string of the molecule is CC(C)C(NCNc1ccccc1)C(=O)NC1CCC1(F)F. The summed E-state index contributed by atoms with van der Waals surface area (Å²) < 4.78 is 26.5. The molecule has 1 fully saturated rings. The number of hydrogen-bond acceptors (Lipinski definition) is 3. The maximum Gasteiger partial charge on any atom is 0.267 e. The van der Waals surface area contributed by atoms with Crippen molar-refractivity contribution >= 4 is 11.6 Å². The minimum absolute atomic E-state index is 0.00581. The van der Waals surface area contributed by atoms with Crippen LogP contribution in [-0.2, 0) is 4.79 Å². The Bertz CT molecular complexity index is 493. The molecule has 1 aromatic rings. The first kappa shape index (κ1) is 16.7. The summed E-state index contributed by atoms with van der Waals surface area (Å²) in [5, 5.41) is 8.68. The van der Waals surface area contributed by atoms with Crippen LogP contribution in [0.1, 0.15) is 26.7 Å². The highest BCUT2D eigenvalue weighted by Crippen LogP contribution is 2.37. The number of alkyl halides is 2. The third kappa shape index (κ3) is 4.16. The first-order chi connectivity index (χ1) is 10.4. The fraction of sp³-hybridized carbons (Fsp3) is 0.562. The van der Waals surface area contributed by atoms with Crippen LogP contribution < -0.4 is 16.0 Å². The molecule has 2 unspecified atom stereocenters. The highest BCUT2D eigenvalue weighted by molar-refractivity contribution is 5.82. The number of halogens is 2. The molecule has 0 saturated heterocycles. The van der Waals surface area contributed by atoms with E-state index in [1.807, 2.05) is 44.2 Å². The lowest BCUT2D eigenvalue weighted by molar-refractivity contribution is -0.138. The number of nitrogens with one attached hydrogen (secondary N) is 3. The van der Waals surface area contributed by atoms with E-state index in [2.05, 4.69) is 16.0 Å². The van der Waals surface area contributed by atoms with E-state index in [0.29, 0.717) is 13.1 Å². The summed E-state index contributed by atoms with van der Waals surface area (Å²) in [7, 11) is 0. The minimum Gasteiger partial charge on any atom is -0.372 e. The zero-order chi connectivity index (χ0) is 16.2. The first-order valence-corrected chi connectivity index (χ1v) is 7.60. The fourth-order valence-corrected chi connectivity index (χ4v) is 2.40. The molecule has 0 bridgehead atoms. The molecular weight excluding hydrogens is 288 g/mol. The second-order valence-electron chi connectivity index (χ2n) is 6.01. The van der Waals surface area contributed by atoms with Crippen molar-refractivity contribution in [3.05, 3.63) is 30.3 Å². The predicted molar refractivity (Wildman–Crippen MR) is 82.8 cm³/mol. The number of rotatable bonds is 7. The highest BCUT2D eigenvalue weighted by atomic mass is 19.3. The van der Waals surface area contributed by atoms with Crippen molar-refractivity contribution < 1.29 is 13.6 Å². The third-order valence-corrected chi connectivity index (χ3v) is 3.93. The smallest absolute Gasteiger partial charge is 0.267 e. The van der Waals surface area contributed by atoms with Crippen molar-refractivity contribution in [1.82, 2.24) is 10.6 Å². The standard InChI is InChI=1S/C16H23F2N3O/c1-11(2)14(15(22)21-13-8-9-16(13,17)18)20-10-19-12-6-4-3-5-7-12/h3-7,11,13-14,19-20H,8-10H2,1-2H3,(H,21,22). The normalized spacial score (nSPS) is 21.0. The van der Waals surface area contributed by atoms with Crippen molar-refractivity contribution in [2.75, 3.05) is 12.0 Å². The summed E-state index contributed by atoms with van der Waals surface area (Å²) in [5.74, 6) is -3.13. The summed E-state index contributed by atoms with van der Waals surface area (Å²) >= 11 is 0. The maximum absolute atomic E-state index is 13.3. The van der Waals surface area contributed by atoms with Crippen molar-refractivity contribution in [3.63, 3.8) is 0 Å². The monoisotopic (exact) mass is 311 g/mol. The van der Waals surface area contributed by atoms with Gasteiger partial charge in [0, 0.05) is 12.1 Å². The molecule has 3 N–H and O–H groups in total. The lowest BCUT2D eigenvalue weighted by Crippen LogP contribution is -2.59. The van der Waals surface area contributed by atoms with Gasteiger partial charge in [-0.3, -0.25) is 10.1 Å². The Hall–Kier alpha value is -1.69. The van der Waals surface area contributed by atoms with Gasteiger partial charge in [0.15, 0.2) is 0 Å². The number of carbonyl (C=O) groups is 1. The molecule has 0 aliphatic heterocycles. The van der Waals surface area contributed by atoms with Crippen molar-refractivity contribution in [2.24, 2.45) is 5.92 Å². The lowest BCUT2D eigenvalue weighted by atomic mass is 9.87. The lowest BCUT2D eigenvalue weighted by Gasteiger charge is -2.37. The largest absolute Gasteiger partial charge is 0.372 e. The molecule has 2 rings (SSSR count). The van der Waals surface area contributed by atoms with Crippen molar-refractivity contribution in [1.29, 1.82) is 0 Å². The van der Waals surface area contributed by atoms with E-state index in [-0.39, 0.29) is 18.2 Å². The molecule has 1 saturated carbocycles. The Morgan fingerprint density at radius 2 is 2.00 bits per heavy atom. The molecule has 1 aliphatic rings. The van der Waals surface area contributed by atoms with Crippen molar-refractivity contribution in [3.8, 4) is 0 Å². The van der Waals surface area contributed by atoms with Crippen LogP contribution in [0, 0.1) is 5.92 Å². The number of carbonyl (C=O) groups excluding carboxylic acids is 1. The second kappa shape index (κ2) is 7.05. The summed E-state index contributed by atoms with van der Waals surface area (Å²) in [6.07, 6.45) is 0.194. The summed E-state index contributed by atoms with van der Waals surface area (Å²) in [6.45, 7) is 4.17. The van der Waals surface area contributed by atoms with E-state index in [4.69, 9.17) is 0 Å². The van der Waals surface area contributed by atoms with E-state index >= 15 is 0 Å². The van der Waals surface area contributed by atoms with Gasteiger partial charge in [-0.25, -0.2) is 8.78 Å². The highest BCUT2D eigenvalue weighted by Gasteiger charge is 2.49. The van der Waals surface area contributed by atoms with Crippen LogP contribution >= 0.6 is 0 Å². The van der Waals surface area contributed by atoms with Gasteiger partial charge < -0.3 is 10.6 Å². The number of para-hydroxylation sites is 1. The van der Waals surface area contributed by atoms with E-state index in [9.17, 15) is 13.6 Å². The molecule has 6 heteroatoms. The van der Waals surface area contributed by atoms with Gasteiger partial charge in [0.1, 0.15) is 0 Å². The number of amides is 1. The van der Waals surface area contributed by atoms with E-state index in [0.717, 1.165) is 5.69 Å². The number of benzene rings is 1. The molecule has 1 amide bonds. The van der Waals surface area contributed by atoms with Crippen LogP contribution in [0.2, 0.25) is 0 Å². The molecule has 0 spiro atoms. The van der Waals surface area contributed by atoms with Gasteiger partial charge >= 0.3 is 0 Å². The summed E-state index contributed by atoms with van der Waals surface area (Å²) in [5.41, 5.74) is 0.934. The number of anilines is 1. The molecule has 122 valence electrons. The summed E-state index contributed by atoms with van der Waals surface area (Å²) in [4.78, 5) is 12.2. The summed E-state index contributed by atoms with van der Waals surface area (Å²) in [6, 6.07) is 8.04. The Morgan fingerprint density at radius 1 is 1.32 bits per heavy atom. The first-order valence-electron chi connectivity index (χ1n) is 7.60. The van der Waals surface area contributed by atoms with Gasteiger partial charge in [-0.15, -0.1) is 0 Å². The van der Waals surface area contributed by atoms with Gasteiger partial charge in [0.05, 0.1) is 18.8 Å². The van der Waals surface area contributed by atoms with E-state index < -0.39 is 18.0 Å². The minimum atomic E-state index is -2.76. The third-order valence-electron chi connectivity index (χ3n) is 3.93. The molecule has 22 heavy (non-hydrogen) atoms. The van der Waals surface area contributed by atoms with Crippen LogP contribution in [0.25, 0.3) is 0 Å². The predicted octanol–water partition coefficient (Wildman–Crippen LogP) is 2.58.